The smallest absolute Gasteiger partial charge is 0.282 e. The first-order valence-electron chi connectivity index (χ1n) is 7.36. The first-order valence-corrected chi connectivity index (χ1v) is 8.80. The lowest BCUT2D eigenvalue weighted by Gasteiger charge is -2.27. The van der Waals surface area contributed by atoms with Crippen LogP contribution in [0.1, 0.15) is 20.7 Å². The Balaban J connectivity index is 1.95. The summed E-state index contributed by atoms with van der Waals surface area (Å²) in [6.07, 6.45) is 0. The van der Waals surface area contributed by atoms with E-state index < -0.39 is 21.9 Å². The van der Waals surface area contributed by atoms with E-state index in [1.54, 1.807) is 24.3 Å². The summed E-state index contributed by atoms with van der Waals surface area (Å²) in [5.41, 5.74) is 0.812. The van der Waals surface area contributed by atoms with Gasteiger partial charge in [0, 0.05) is 16.5 Å². The quantitative estimate of drug-likeness (QED) is 0.565. The van der Waals surface area contributed by atoms with E-state index in [9.17, 15) is 22.6 Å². The maximum atomic E-state index is 12.9. The summed E-state index contributed by atoms with van der Waals surface area (Å²) in [6, 6.07) is 15.4. The van der Waals surface area contributed by atoms with Gasteiger partial charge in [-0.1, -0.05) is 30.3 Å². The fraction of sp³-hybridized carbons (Fsp3) is 0. The van der Waals surface area contributed by atoms with Crippen molar-refractivity contribution in [1.82, 2.24) is 0 Å². The predicted molar refractivity (Wildman–Crippen MR) is 91.3 cm³/mol. The molecule has 124 valence electrons. The summed E-state index contributed by atoms with van der Waals surface area (Å²) in [7, 11) is -4.45. The van der Waals surface area contributed by atoms with Crippen molar-refractivity contribution < 1.29 is 22.6 Å². The van der Waals surface area contributed by atoms with Gasteiger partial charge >= 0.3 is 0 Å². The zero-order valence-corrected chi connectivity index (χ0v) is 13.5. The lowest BCUT2D eigenvalue weighted by atomic mass is 9.94. The first-order chi connectivity index (χ1) is 11.9. The molecule has 0 aromatic heterocycles. The van der Waals surface area contributed by atoms with E-state index in [0.717, 1.165) is 16.4 Å². The molecule has 0 atom stereocenters. The van der Waals surface area contributed by atoms with Gasteiger partial charge in [0.25, 0.3) is 21.9 Å². The molecule has 0 radical (unpaired) electrons. The van der Waals surface area contributed by atoms with E-state index in [1.807, 2.05) is 12.1 Å². The average Bonchev–Trinajstić information content (AvgIpc) is 2.59. The molecule has 0 fully saturated rings. The number of rotatable bonds is 2. The van der Waals surface area contributed by atoms with Crippen molar-refractivity contribution in [2.45, 2.75) is 4.90 Å². The van der Waals surface area contributed by atoms with E-state index in [-0.39, 0.29) is 10.6 Å². The Kier molecular flexibility index (Phi) is 3.24. The van der Waals surface area contributed by atoms with Crippen LogP contribution < -0.4 is 4.90 Å². The number of nitrogens with zero attached hydrogens (tertiary/aromatic N) is 1. The first kappa shape index (κ1) is 15.5. The Morgan fingerprint density at radius 2 is 1.36 bits per heavy atom. The average molecular weight is 353 g/mol. The number of anilines is 1. The third-order valence-electron chi connectivity index (χ3n) is 4.15. The molecule has 7 heteroatoms. The van der Waals surface area contributed by atoms with E-state index in [4.69, 9.17) is 0 Å². The van der Waals surface area contributed by atoms with Gasteiger partial charge in [-0.15, -0.1) is 0 Å². The van der Waals surface area contributed by atoms with E-state index in [1.165, 1.54) is 18.2 Å². The third kappa shape index (κ3) is 2.33. The van der Waals surface area contributed by atoms with Crippen molar-refractivity contribution in [3.8, 4) is 0 Å². The number of amides is 2. The Morgan fingerprint density at radius 3 is 1.92 bits per heavy atom. The molecule has 3 aromatic carbocycles. The van der Waals surface area contributed by atoms with Crippen LogP contribution in [0.2, 0.25) is 0 Å². The number of carbonyl (C=O) groups is 2. The molecule has 0 saturated heterocycles. The van der Waals surface area contributed by atoms with Crippen LogP contribution in [0.4, 0.5) is 5.69 Å². The molecule has 0 spiro atoms. The molecule has 25 heavy (non-hydrogen) atoms. The zero-order chi connectivity index (χ0) is 17.8. The maximum absolute atomic E-state index is 12.9. The van der Waals surface area contributed by atoms with Crippen molar-refractivity contribution in [2.24, 2.45) is 0 Å². The normalized spacial score (nSPS) is 14.2. The summed E-state index contributed by atoms with van der Waals surface area (Å²) in [5.74, 6) is -1.08. The fourth-order valence-electron chi connectivity index (χ4n) is 3.05. The van der Waals surface area contributed by atoms with Crippen LogP contribution in [-0.2, 0) is 10.1 Å². The molecular weight excluding hydrogens is 342 g/mol. The number of hydrogen-bond acceptors (Lipinski definition) is 4. The summed E-state index contributed by atoms with van der Waals surface area (Å²) < 4.78 is 31.9. The fourth-order valence-corrected chi connectivity index (χ4v) is 3.57. The van der Waals surface area contributed by atoms with E-state index in [0.29, 0.717) is 16.5 Å². The summed E-state index contributed by atoms with van der Waals surface area (Å²) >= 11 is 0. The standard InChI is InChI=1S/C18H11NO5S/c20-17-14-8-1-4-11-5-2-9-15(16(11)14)18(21)19(17)12-6-3-7-13(10-12)25(22,23)24/h1-10H,(H,22,23,24). The molecule has 1 N–H and O–H groups in total. The molecule has 3 aromatic rings. The van der Waals surface area contributed by atoms with Gasteiger partial charge < -0.3 is 0 Å². The monoisotopic (exact) mass is 353 g/mol. The van der Waals surface area contributed by atoms with Gasteiger partial charge in [-0.05, 0) is 35.7 Å². The van der Waals surface area contributed by atoms with Crippen LogP contribution in [-0.4, -0.2) is 24.8 Å². The molecule has 1 heterocycles. The minimum Gasteiger partial charge on any atom is -0.282 e. The largest absolute Gasteiger partial charge is 0.294 e. The topological polar surface area (TPSA) is 91.8 Å². The van der Waals surface area contributed by atoms with E-state index in [2.05, 4.69) is 0 Å². The van der Waals surface area contributed by atoms with Crippen molar-refractivity contribution in [3.63, 3.8) is 0 Å². The SMILES string of the molecule is O=C1c2cccc3cccc(c23)C(=O)N1c1cccc(S(=O)(=O)O)c1. The molecule has 0 unspecified atom stereocenters. The van der Waals surface area contributed by atoms with E-state index >= 15 is 0 Å². The highest BCUT2D eigenvalue weighted by molar-refractivity contribution is 7.85. The molecule has 1 aliphatic heterocycles. The van der Waals surface area contributed by atoms with Crippen molar-refractivity contribution in [3.05, 3.63) is 71.8 Å². The Morgan fingerprint density at radius 1 is 0.800 bits per heavy atom. The second-order valence-electron chi connectivity index (χ2n) is 5.63. The number of hydrogen-bond donors (Lipinski definition) is 1. The Labute approximate surface area is 143 Å². The highest BCUT2D eigenvalue weighted by Crippen LogP contribution is 2.33. The molecule has 0 bridgehead atoms. The molecule has 1 aliphatic rings. The van der Waals surface area contributed by atoms with Gasteiger partial charge in [-0.25, -0.2) is 4.90 Å². The van der Waals surface area contributed by atoms with Crippen LogP contribution in [0.25, 0.3) is 10.8 Å². The van der Waals surface area contributed by atoms with Crippen molar-refractivity contribution >= 4 is 38.4 Å². The van der Waals surface area contributed by atoms with Gasteiger partial charge in [0.05, 0.1) is 10.6 Å². The lowest BCUT2D eigenvalue weighted by Crippen LogP contribution is -2.40. The number of benzene rings is 3. The summed E-state index contributed by atoms with van der Waals surface area (Å²) in [4.78, 5) is 26.3. The second kappa shape index (κ2) is 5.23. The van der Waals surface area contributed by atoms with Gasteiger partial charge in [0.2, 0.25) is 0 Å². The van der Waals surface area contributed by atoms with Crippen LogP contribution in [0.5, 0.6) is 0 Å². The van der Waals surface area contributed by atoms with Gasteiger partial charge in [0.15, 0.2) is 0 Å². The molecule has 6 nitrogen and oxygen atoms in total. The summed E-state index contributed by atoms with van der Waals surface area (Å²) in [5, 5.41) is 1.37. The second-order valence-corrected chi connectivity index (χ2v) is 7.05. The Bertz CT molecular complexity index is 1120. The molecule has 0 saturated carbocycles. The van der Waals surface area contributed by atoms with Gasteiger partial charge in [-0.3, -0.25) is 14.1 Å². The molecular formula is C18H11NO5S. The van der Waals surface area contributed by atoms with Crippen LogP contribution in [0.3, 0.4) is 0 Å². The van der Waals surface area contributed by atoms with Crippen molar-refractivity contribution in [1.29, 1.82) is 0 Å². The minimum atomic E-state index is -4.45. The third-order valence-corrected chi connectivity index (χ3v) is 5.00. The molecule has 2 amide bonds. The highest BCUT2D eigenvalue weighted by atomic mass is 32.2. The number of imide groups is 1. The maximum Gasteiger partial charge on any atom is 0.294 e. The van der Waals surface area contributed by atoms with Crippen molar-refractivity contribution in [2.75, 3.05) is 4.90 Å². The Hall–Kier alpha value is -3.03. The van der Waals surface area contributed by atoms with Gasteiger partial charge in [0.1, 0.15) is 0 Å². The minimum absolute atomic E-state index is 0.0802. The highest BCUT2D eigenvalue weighted by Gasteiger charge is 2.34. The molecule has 0 aliphatic carbocycles. The lowest BCUT2D eigenvalue weighted by molar-refractivity contribution is 0.0893. The van der Waals surface area contributed by atoms with Crippen LogP contribution >= 0.6 is 0 Å². The zero-order valence-electron chi connectivity index (χ0n) is 12.7. The van der Waals surface area contributed by atoms with Crippen LogP contribution in [0.15, 0.2) is 65.6 Å². The molecule has 4 rings (SSSR count). The summed E-state index contributed by atoms with van der Waals surface area (Å²) in [6.45, 7) is 0. The predicted octanol–water partition coefficient (Wildman–Crippen LogP) is 2.89. The van der Waals surface area contributed by atoms with Crippen LogP contribution in [0, 0.1) is 0 Å². The van der Waals surface area contributed by atoms with Gasteiger partial charge in [-0.2, -0.15) is 8.42 Å². The number of carbonyl (C=O) groups excluding carboxylic acids is 2.